The van der Waals surface area contributed by atoms with Crippen molar-refractivity contribution in [3.8, 4) is 0 Å². The third kappa shape index (κ3) is 0.939. The van der Waals surface area contributed by atoms with Crippen LogP contribution < -0.4 is 0 Å². The summed E-state index contributed by atoms with van der Waals surface area (Å²) in [5.41, 5.74) is 0.884. The predicted octanol–water partition coefficient (Wildman–Crippen LogP) is 1.18. The second-order valence-electron chi connectivity index (χ2n) is 2.74. The third-order valence-electron chi connectivity index (χ3n) is 2.02. The van der Waals surface area contributed by atoms with E-state index < -0.39 is 0 Å². The lowest BCUT2D eigenvalue weighted by molar-refractivity contribution is -0.125. The third-order valence-corrected chi connectivity index (χ3v) is 2.02. The Hall–Kier alpha value is -0.790. The highest BCUT2D eigenvalue weighted by Gasteiger charge is 2.24. The summed E-state index contributed by atoms with van der Waals surface area (Å²) in [5, 5.41) is 0. The molecule has 0 saturated heterocycles. The van der Waals surface area contributed by atoms with Crippen LogP contribution in [-0.2, 0) is 4.79 Å². The molecule has 1 atom stereocenters. The van der Waals surface area contributed by atoms with Crippen molar-refractivity contribution in [3.05, 3.63) is 11.6 Å². The molecular formula is C8H13NO. The fourth-order valence-electron chi connectivity index (χ4n) is 1.29. The molecule has 0 spiro atoms. The Kier molecular flexibility index (Phi) is 1.79. The van der Waals surface area contributed by atoms with E-state index in [9.17, 15) is 4.79 Å². The van der Waals surface area contributed by atoms with Crippen LogP contribution in [0.1, 0.15) is 20.3 Å². The molecule has 0 aliphatic carbocycles. The first kappa shape index (κ1) is 7.32. The van der Waals surface area contributed by atoms with E-state index in [0.29, 0.717) is 6.04 Å². The first-order valence-corrected chi connectivity index (χ1v) is 3.62. The molecule has 1 heterocycles. The van der Waals surface area contributed by atoms with E-state index >= 15 is 0 Å². The summed E-state index contributed by atoms with van der Waals surface area (Å²) < 4.78 is 0. The Morgan fingerprint density at radius 1 is 1.70 bits per heavy atom. The minimum Gasteiger partial charge on any atom is -0.336 e. The van der Waals surface area contributed by atoms with E-state index in [0.717, 1.165) is 12.0 Å². The monoisotopic (exact) mass is 139 g/mol. The molecule has 0 bridgehead atoms. The van der Waals surface area contributed by atoms with E-state index in [2.05, 4.69) is 6.92 Å². The molecule has 1 unspecified atom stereocenters. The van der Waals surface area contributed by atoms with Crippen LogP contribution in [0.4, 0.5) is 0 Å². The fraction of sp³-hybridized carbons (Fsp3) is 0.625. The van der Waals surface area contributed by atoms with Gasteiger partial charge in [-0.05, 0) is 13.3 Å². The molecular weight excluding hydrogens is 126 g/mol. The first-order valence-electron chi connectivity index (χ1n) is 3.62. The molecule has 1 amide bonds. The zero-order valence-electron chi connectivity index (χ0n) is 6.72. The van der Waals surface area contributed by atoms with Crippen LogP contribution in [0.5, 0.6) is 0 Å². The average molecular weight is 139 g/mol. The number of nitrogens with zero attached hydrogens (tertiary/aromatic N) is 1. The molecule has 0 N–H and O–H groups in total. The summed E-state index contributed by atoms with van der Waals surface area (Å²) in [6.45, 7) is 3.96. The maximum atomic E-state index is 11.1. The van der Waals surface area contributed by atoms with Gasteiger partial charge in [0, 0.05) is 12.6 Å². The van der Waals surface area contributed by atoms with Gasteiger partial charge in [-0.3, -0.25) is 4.79 Å². The number of rotatable bonds is 1. The van der Waals surface area contributed by atoms with Crippen LogP contribution in [0, 0.1) is 0 Å². The van der Waals surface area contributed by atoms with Crippen LogP contribution in [0.15, 0.2) is 11.6 Å². The first-order chi connectivity index (χ1) is 4.66. The van der Waals surface area contributed by atoms with Crippen LogP contribution in [0.3, 0.4) is 0 Å². The second-order valence-corrected chi connectivity index (χ2v) is 2.74. The molecule has 10 heavy (non-hydrogen) atoms. The molecule has 2 heteroatoms. The zero-order chi connectivity index (χ0) is 7.72. The number of hydrogen-bond acceptors (Lipinski definition) is 1. The van der Waals surface area contributed by atoms with E-state index in [4.69, 9.17) is 0 Å². The highest BCUT2D eigenvalue weighted by Crippen LogP contribution is 2.17. The maximum Gasteiger partial charge on any atom is 0.249 e. The van der Waals surface area contributed by atoms with Crippen LogP contribution in [-0.4, -0.2) is 23.9 Å². The van der Waals surface area contributed by atoms with Crippen molar-refractivity contribution in [1.82, 2.24) is 4.90 Å². The Morgan fingerprint density at radius 3 is 2.50 bits per heavy atom. The number of carbonyl (C=O) groups excluding carboxylic acids is 1. The van der Waals surface area contributed by atoms with Gasteiger partial charge >= 0.3 is 0 Å². The Labute approximate surface area is 61.5 Å². The van der Waals surface area contributed by atoms with Gasteiger partial charge in [-0.2, -0.15) is 0 Å². The number of likely N-dealkylation sites (N-methyl/N-ethyl adjacent to an activating group) is 1. The number of amides is 1. The van der Waals surface area contributed by atoms with Crippen molar-refractivity contribution >= 4 is 5.91 Å². The Morgan fingerprint density at radius 2 is 2.30 bits per heavy atom. The van der Waals surface area contributed by atoms with Gasteiger partial charge in [-0.25, -0.2) is 0 Å². The minimum atomic E-state index is 0.173. The molecule has 0 fully saturated rings. The van der Waals surface area contributed by atoms with Crippen LogP contribution in [0.2, 0.25) is 0 Å². The molecule has 1 aliphatic heterocycles. The summed E-state index contributed by atoms with van der Waals surface area (Å²) in [7, 11) is 1.85. The van der Waals surface area contributed by atoms with Crippen LogP contribution in [0.25, 0.3) is 0 Å². The second kappa shape index (κ2) is 2.45. The quantitative estimate of drug-likeness (QED) is 0.534. The van der Waals surface area contributed by atoms with E-state index in [1.165, 1.54) is 0 Å². The molecule has 1 aliphatic rings. The van der Waals surface area contributed by atoms with Gasteiger partial charge in [-0.1, -0.05) is 13.0 Å². The predicted molar refractivity (Wildman–Crippen MR) is 40.6 cm³/mol. The van der Waals surface area contributed by atoms with Gasteiger partial charge in [0.15, 0.2) is 0 Å². The van der Waals surface area contributed by atoms with Crippen molar-refractivity contribution in [2.24, 2.45) is 0 Å². The Bertz CT molecular complexity index is 184. The molecule has 56 valence electrons. The lowest BCUT2D eigenvalue weighted by Crippen LogP contribution is -2.29. The van der Waals surface area contributed by atoms with Gasteiger partial charge in [0.25, 0.3) is 0 Å². The normalized spacial score (nSPS) is 25.5. The largest absolute Gasteiger partial charge is 0.336 e. The van der Waals surface area contributed by atoms with Crippen molar-refractivity contribution in [2.75, 3.05) is 7.05 Å². The lowest BCUT2D eigenvalue weighted by Gasteiger charge is -2.17. The molecule has 0 saturated carbocycles. The summed E-state index contributed by atoms with van der Waals surface area (Å²) in [5.74, 6) is 0.173. The van der Waals surface area contributed by atoms with Crippen LogP contribution >= 0.6 is 0 Å². The smallest absolute Gasteiger partial charge is 0.249 e. The van der Waals surface area contributed by atoms with Gasteiger partial charge in [0.1, 0.15) is 0 Å². The topological polar surface area (TPSA) is 20.3 Å². The zero-order valence-corrected chi connectivity index (χ0v) is 6.72. The minimum absolute atomic E-state index is 0.173. The molecule has 0 aromatic heterocycles. The van der Waals surface area contributed by atoms with Crippen molar-refractivity contribution in [3.63, 3.8) is 0 Å². The van der Waals surface area contributed by atoms with Gasteiger partial charge in [0.2, 0.25) is 5.91 Å². The summed E-state index contributed by atoms with van der Waals surface area (Å²) in [6.07, 6.45) is 3.04. The number of carbonyl (C=O) groups is 1. The van der Waals surface area contributed by atoms with E-state index in [-0.39, 0.29) is 5.91 Å². The van der Waals surface area contributed by atoms with E-state index in [1.54, 1.807) is 4.90 Å². The van der Waals surface area contributed by atoms with Crippen molar-refractivity contribution in [2.45, 2.75) is 26.3 Å². The molecule has 2 nitrogen and oxygen atoms in total. The highest BCUT2D eigenvalue weighted by atomic mass is 16.2. The number of hydrogen-bond donors (Lipinski definition) is 0. The summed E-state index contributed by atoms with van der Waals surface area (Å²) in [6, 6.07) is 0.340. The lowest BCUT2D eigenvalue weighted by atomic mass is 10.2. The summed E-state index contributed by atoms with van der Waals surface area (Å²) >= 11 is 0. The standard InChI is InChI=1S/C8H13NO/c1-4-7-5-6(2)8(10)9(7)3/h5,7H,4H2,1-3H3. The molecule has 0 radical (unpaired) electrons. The molecule has 0 aromatic carbocycles. The van der Waals surface area contributed by atoms with Gasteiger partial charge in [0.05, 0.1) is 6.04 Å². The van der Waals surface area contributed by atoms with Crippen molar-refractivity contribution in [1.29, 1.82) is 0 Å². The molecule has 1 rings (SSSR count). The maximum absolute atomic E-state index is 11.1. The fourth-order valence-corrected chi connectivity index (χ4v) is 1.29. The summed E-state index contributed by atoms with van der Waals surface area (Å²) in [4.78, 5) is 12.9. The van der Waals surface area contributed by atoms with Crippen molar-refractivity contribution < 1.29 is 4.79 Å². The van der Waals surface area contributed by atoms with Gasteiger partial charge in [-0.15, -0.1) is 0 Å². The highest BCUT2D eigenvalue weighted by molar-refractivity contribution is 5.95. The van der Waals surface area contributed by atoms with E-state index in [1.807, 2.05) is 20.0 Å². The Balaban J connectivity index is 2.76. The average Bonchev–Trinajstić information content (AvgIpc) is 2.17. The molecule has 0 aromatic rings. The van der Waals surface area contributed by atoms with Gasteiger partial charge < -0.3 is 4.90 Å². The SMILES string of the molecule is CCC1C=C(C)C(=O)N1C.